The molecular weight excluding hydrogens is 328 g/mol. The quantitative estimate of drug-likeness (QED) is 0.743. The lowest BCUT2D eigenvalue weighted by atomic mass is 10.2. The molecule has 1 N–H and O–H groups in total. The minimum Gasteiger partial charge on any atom is -0.351 e. The largest absolute Gasteiger partial charge is 0.351 e. The highest BCUT2D eigenvalue weighted by Gasteiger charge is 2.23. The van der Waals surface area contributed by atoms with E-state index in [-0.39, 0.29) is 23.3 Å². The van der Waals surface area contributed by atoms with Gasteiger partial charge in [0.05, 0.1) is 5.52 Å². The van der Waals surface area contributed by atoms with Crippen molar-refractivity contribution in [3.8, 4) is 0 Å². The van der Waals surface area contributed by atoms with Gasteiger partial charge in [0.1, 0.15) is 0 Å². The summed E-state index contributed by atoms with van der Waals surface area (Å²) in [5.41, 5.74) is 1.93. The normalized spacial score (nSPS) is 10.7. The van der Waals surface area contributed by atoms with E-state index < -0.39 is 0 Å². The number of aromatic nitrogens is 2. The molecular formula is C20H22N4O2. The molecule has 134 valence electrons. The van der Waals surface area contributed by atoms with E-state index in [1.165, 1.54) is 0 Å². The maximum atomic E-state index is 12.9. The highest BCUT2D eigenvalue weighted by atomic mass is 16.2. The summed E-state index contributed by atoms with van der Waals surface area (Å²) in [6.07, 6.45) is 2.59. The average molecular weight is 350 g/mol. The number of benzene rings is 1. The monoisotopic (exact) mass is 350 g/mol. The fraction of sp³-hybridized carbons (Fsp3) is 0.250. The summed E-state index contributed by atoms with van der Waals surface area (Å²) in [7, 11) is 1.73. The molecule has 0 aliphatic rings. The molecule has 2 heterocycles. The van der Waals surface area contributed by atoms with Gasteiger partial charge in [-0.25, -0.2) is 4.98 Å². The van der Waals surface area contributed by atoms with Crippen LogP contribution in [0.4, 0.5) is 0 Å². The van der Waals surface area contributed by atoms with Crippen molar-refractivity contribution >= 4 is 17.3 Å². The third-order valence-corrected chi connectivity index (χ3v) is 4.10. The van der Waals surface area contributed by atoms with E-state index in [4.69, 9.17) is 0 Å². The summed E-state index contributed by atoms with van der Waals surface area (Å²) in [5, 5.41) is 2.82. The number of nitrogens with zero attached hydrogens (tertiary/aromatic N) is 3. The summed E-state index contributed by atoms with van der Waals surface area (Å²) in [6, 6.07) is 15.2. The van der Waals surface area contributed by atoms with Crippen LogP contribution in [0.5, 0.6) is 0 Å². The number of carbonyl (C=O) groups is 2. The van der Waals surface area contributed by atoms with Gasteiger partial charge in [-0.1, -0.05) is 43.3 Å². The van der Waals surface area contributed by atoms with Crippen molar-refractivity contribution in [2.45, 2.75) is 19.9 Å². The van der Waals surface area contributed by atoms with Gasteiger partial charge < -0.3 is 10.2 Å². The van der Waals surface area contributed by atoms with Crippen LogP contribution in [0, 0.1) is 0 Å². The minimum atomic E-state index is -0.264. The van der Waals surface area contributed by atoms with Crippen LogP contribution in [-0.2, 0) is 6.54 Å². The predicted molar refractivity (Wildman–Crippen MR) is 100 cm³/mol. The number of carbonyl (C=O) groups excluding carboxylic acids is 2. The Labute approximate surface area is 152 Å². The standard InChI is InChI=1S/C20H22N4O2/c1-3-12-21-19(25)17-16-11-7-8-13-24(16)18(22-17)20(26)23(2)14-15-9-5-4-6-10-15/h4-11,13H,3,12,14H2,1-2H3,(H,21,25). The van der Waals surface area contributed by atoms with Crippen LogP contribution in [-0.4, -0.2) is 39.7 Å². The maximum absolute atomic E-state index is 12.9. The van der Waals surface area contributed by atoms with Gasteiger partial charge >= 0.3 is 0 Å². The molecule has 0 radical (unpaired) electrons. The average Bonchev–Trinajstić information content (AvgIpc) is 3.06. The van der Waals surface area contributed by atoms with Gasteiger partial charge in [0.15, 0.2) is 5.69 Å². The second kappa shape index (κ2) is 7.82. The van der Waals surface area contributed by atoms with Crippen molar-refractivity contribution in [1.82, 2.24) is 19.6 Å². The Kier molecular flexibility index (Phi) is 5.31. The highest BCUT2D eigenvalue weighted by Crippen LogP contribution is 2.15. The number of amides is 2. The fourth-order valence-electron chi connectivity index (χ4n) is 2.78. The van der Waals surface area contributed by atoms with Gasteiger partial charge in [0.2, 0.25) is 5.82 Å². The van der Waals surface area contributed by atoms with E-state index in [1.54, 1.807) is 28.6 Å². The first-order valence-electron chi connectivity index (χ1n) is 8.66. The van der Waals surface area contributed by atoms with Crippen LogP contribution in [0.25, 0.3) is 5.52 Å². The first kappa shape index (κ1) is 17.7. The Morgan fingerprint density at radius 3 is 2.58 bits per heavy atom. The van der Waals surface area contributed by atoms with Crippen LogP contribution in [0.1, 0.15) is 40.0 Å². The van der Waals surface area contributed by atoms with Crippen molar-refractivity contribution in [3.63, 3.8) is 0 Å². The van der Waals surface area contributed by atoms with Crippen LogP contribution >= 0.6 is 0 Å². The highest BCUT2D eigenvalue weighted by molar-refractivity contribution is 6.02. The third-order valence-electron chi connectivity index (χ3n) is 4.10. The predicted octanol–water partition coefficient (Wildman–Crippen LogP) is 2.75. The summed E-state index contributed by atoms with van der Waals surface area (Å²) in [4.78, 5) is 31.3. The van der Waals surface area contributed by atoms with Crippen molar-refractivity contribution in [2.75, 3.05) is 13.6 Å². The molecule has 0 saturated carbocycles. The summed E-state index contributed by atoms with van der Waals surface area (Å²) >= 11 is 0. The molecule has 0 unspecified atom stereocenters. The van der Waals surface area contributed by atoms with Gasteiger partial charge in [-0.2, -0.15) is 0 Å². The van der Waals surface area contributed by atoms with Crippen molar-refractivity contribution in [3.05, 3.63) is 71.8 Å². The summed E-state index contributed by atoms with van der Waals surface area (Å²) in [6.45, 7) is 3.03. The molecule has 0 atom stereocenters. The van der Waals surface area contributed by atoms with Gasteiger partial charge in [-0.05, 0) is 24.1 Å². The molecule has 0 fully saturated rings. The number of imidazole rings is 1. The fourth-order valence-corrected chi connectivity index (χ4v) is 2.78. The molecule has 26 heavy (non-hydrogen) atoms. The molecule has 0 spiro atoms. The van der Waals surface area contributed by atoms with E-state index in [0.29, 0.717) is 18.6 Å². The second-order valence-electron chi connectivity index (χ2n) is 6.14. The topological polar surface area (TPSA) is 66.7 Å². The zero-order chi connectivity index (χ0) is 18.5. The van der Waals surface area contributed by atoms with E-state index >= 15 is 0 Å². The molecule has 3 rings (SSSR count). The molecule has 6 nitrogen and oxygen atoms in total. The number of hydrogen-bond acceptors (Lipinski definition) is 3. The number of fused-ring (bicyclic) bond motifs is 1. The van der Waals surface area contributed by atoms with E-state index in [9.17, 15) is 9.59 Å². The van der Waals surface area contributed by atoms with E-state index in [0.717, 1.165) is 12.0 Å². The molecule has 3 aromatic rings. The van der Waals surface area contributed by atoms with E-state index in [1.807, 2.05) is 49.4 Å². The Hall–Kier alpha value is -3.15. The lowest BCUT2D eigenvalue weighted by molar-refractivity contribution is 0.0772. The Balaban J connectivity index is 1.91. The maximum Gasteiger partial charge on any atom is 0.290 e. The van der Waals surface area contributed by atoms with Crippen molar-refractivity contribution in [1.29, 1.82) is 0 Å². The summed E-state index contributed by atoms with van der Waals surface area (Å²) < 4.78 is 1.67. The van der Waals surface area contributed by atoms with E-state index in [2.05, 4.69) is 10.3 Å². The Morgan fingerprint density at radius 1 is 1.12 bits per heavy atom. The second-order valence-corrected chi connectivity index (χ2v) is 6.14. The number of nitrogens with one attached hydrogen (secondary N) is 1. The van der Waals surface area contributed by atoms with Crippen LogP contribution in [0.3, 0.4) is 0 Å². The van der Waals surface area contributed by atoms with Gasteiger partial charge in [0, 0.05) is 26.3 Å². The zero-order valence-electron chi connectivity index (χ0n) is 15.0. The molecule has 2 aromatic heterocycles. The molecule has 6 heteroatoms. The number of rotatable bonds is 6. The molecule has 0 aliphatic heterocycles. The Bertz CT molecular complexity index is 918. The molecule has 2 amide bonds. The van der Waals surface area contributed by atoms with Crippen LogP contribution < -0.4 is 5.32 Å². The smallest absolute Gasteiger partial charge is 0.290 e. The van der Waals surface area contributed by atoms with Crippen LogP contribution in [0.2, 0.25) is 0 Å². The lowest BCUT2D eigenvalue weighted by Crippen LogP contribution is -2.28. The summed E-state index contributed by atoms with van der Waals surface area (Å²) in [5.74, 6) is -0.259. The first-order chi connectivity index (χ1) is 12.6. The lowest BCUT2D eigenvalue weighted by Gasteiger charge is -2.16. The van der Waals surface area contributed by atoms with Gasteiger partial charge in [-0.3, -0.25) is 14.0 Å². The SMILES string of the molecule is CCCNC(=O)c1nc(C(=O)N(C)Cc2ccccc2)n2ccccc12. The first-order valence-corrected chi connectivity index (χ1v) is 8.66. The molecule has 0 saturated heterocycles. The molecule has 1 aromatic carbocycles. The molecule has 0 bridgehead atoms. The number of pyridine rings is 1. The molecule has 0 aliphatic carbocycles. The van der Waals surface area contributed by atoms with Crippen LogP contribution in [0.15, 0.2) is 54.7 Å². The van der Waals surface area contributed by atoms with Crippen molar-refractivity contribution < 1.29 is 9.59 Å². The zero-order valence-corrected chi connectivity index (χ0v) is 15.0. The Morgan fingerprint density at radius 2 is 1.85 bits per heavy atom. The number of hydrogen-bond donors (Lipinski definition) is 1. The third kappa shape index (κ3) is 3.59. The van der Waals surface area contributed by atoms with Gasteiger partial charge in [-0.15, -0.1) is 0 Å². The van der Waals surface area contributed by atoms with Crippen molar-refractivity contribution in [2.24, 2.45) is 0 Å². The van der Waals surface area contributed by atoms with Gasteiger partial charge in [0.25, 0.3) is 11.8 Å². The minimum absolute atomic E-state index is 0.232.